The molecule has 5 heteroatoms. The van der Waals surface area contributed by atoms with Crippen molar-refractivity contribution in [2.75, 3.05) is 25.0 Å². The number of benzene rings is 1. The van der Waals surface area contributed by atoms with Gasteiger partial charge in [-0.1, -0.05) is 11.6 Å². The molecule has 19 heavy (non-hydrogen) atoms. The molecular formula is C14H16ClN3O. The molecule has 0 aromatic heterocycles. The predicted molar refractivity (Wildman–Crippen MR) is 75.2 cm³/mol. The van der Waals surface area contributed by atoms with E-state index in [-0.39, 0.29) is 11.3 Å². The fraction of sp³-hybridized carbons (Fsp3) is 0.429. The van der Waals surface area contributed by atoms with Gasteiger partial charge in [0.1, 0.15) is 6.07 Å². The lowest BCUT2D eigenvalue weighted by Gasteiger charge is -2.24. The number of hydrogen-bond acceptors (Lipinski definition) is 3. The highest BCUT2D eigenvalue weighted by Crippen LogP contribution is 2.34. The van der Waals surface area contributed by atoms with E-state index < -0.39 is 0 Å². The van der Waals surface area contributed by atoms with Crippen molar-refractivity contribution in [3.8, 4) is 6.07 Å². The Bertz CT molecular complexity index is 552. The van der Waals surface area contributed by atoms with Crippen LogP contribution in [0.5, 0.6) is 0 Å². The fourth-order valence-electron chi connectivity index (χ4n) is 2.46. The van der Waals surface area contributed by atoms with Crippen LogP contribution in [0, 0.1) is 16.7 Å². The van der Waals surface area contributed by atoms with Crippen LogP contribution in [0.4, 0.5) is 5.69 Å². The van der Waals surface area contributed by atoms with Crippen molar-refractivity contribution in [1.29, 1.82) is 5.26 Å². The largest absolute Gasteiger partial charge is 0.370 e. The standard InChI is InChI=1S/C14H16ClN3O/c1-14(13(19)17-2)5-6-18(9-14)11-4-3-10(8-16)12(15)7-11/h3-4,7H,5-6,9H2,1-2H3,(H,17,19). The summed E-state index contributed by atoms with van der Waals surface area (Å²) in [6.07, 6.45) is 0.810. The Morgan fingerprint density at radius 3 is 2.89 bits per heavy atom. The van der Waals surface area contributed by atoms with Gasteiger partial charge in [0.15, 0.2) is 0 Å². The molecule has 1 fully saturated rings. The summed E-state index contributed by atoms with van der Waals surface area (Å²) in [5, 5.41) is 12.0. The van der Waals surface area contributed by atoms with Crippen LogP contribution in [-0.2, 0) is 4.79 Å². The van der Waals surface area contributed by atoms with Crippen molar-refractivity contribution >= 4 is 23.2 Å². The number of nitrogens with one attached hydrogen (secondary N) is 1. The third-order valence-electron chi connectivity index (χ3n) is 3.69. The summed E-state index contributed by atoms with van der Waals surface area (Å²) in [6.45, 7) is 3.44. The minimum atomic E-state index is -0.366. The number of halogens is 1. The molecule has 1 amide bonds. The van der Waals surface area contributed by atoms with Gasteiger partial charge in [0, 0.05) is 25.8 Å². The van der Waals surface area contributed by atoms with Gasteiger partial charge >= 0.3 is 0 Å². The molecule has 1 atom stereocenters. The van der Waals surface area contributed by atoms with E-state index in [4.69, 9.17) is 16.9 Å². The molecule has 2 rings (SSSR count). The molecule has 1 aliphatic heterocycles. The van der Waals surface area contributed by atoms with Gasteiger partial charge in [0.2, 0.25) is 5.91 Å². The molecule has 1 unspecified atom stereocenters. The van der Waals surface area contributed by atoms with Crippen molar-refractivity contribution in [1.82, 2.24) is 5.32 Å². The summed E-state index contributed by atoms with van der Waals surface area (Å²) in [7, 11) is 1.66. The van der Waals surface area contributed by atoms with E-state index in [9.17, 15) is 4.79 Å². The van der Waals surface area contributed by atoms with E-state index in [1.165, 1.54) is 0 Å². The van der Waals surface area contributed by atoms with Gasteiger partial charge in [-0.25, -0.2) is 0 Å². The molecule has 0 aliphatic carbocycles. The smallest absolute Gasteiger partial charge is 0.227 e. The van der Waals surface area contributed by atoms with Crippen LogP contribution in [0.15, 0.2) is 18.2 Å². The first kappa shape index (κ1) is 13.7. The van der Waals surface area contributed by atoms with Crippen molar-refractivity contribution in [2.45, 2.75) is 13.3 Å². The van der Waals surface area contributed by atoms with Crippen molar-refractivity contribution in [3.63, 3.8) is 0 Å². The number of hydrogen-bond donors (Lipinski definition) is 1. The van der Waals surface area contributed by atoms with Crippen LogP contribution >= 0.6 is 11.6 Å². The van der Waals surface area contributed by atoms with E-state index in [0.717, 1.165) is 18.7 Å². The summed E-state index contributed by atoms with van der Waals surface area (Å²) in [5.41, 5.74) is 1.06. The maximum absolute atomic E-state index is 11.9. The van der Waals surface area contributed by atoms with Crippen molar-refractivity contribution < 1.29 is 4.79 Å². The molecule has 0 saturated carbocycles. The van der Waals surface area contributed by atoms with Crippen LogP contribution in [-0.4, -0.2) is 26.0 Å². The van der Waals surface area contributed by atoms with Gasteiger partial charge in [-0.15, -0.1) is 0 Å². The zero-order valence-corrected chi connectivity index (χ0v) is 11.8. The topological polar surface area (TPSA) is 56.1 Å². The Morgan fingerprint density at radius 1 is 1.58 bits per heavy atom. The lowest BCUT2D eigenvalue weighted by molar-refractivity contribution is -0.128. The lowest BCUT2D eigenvalue weighted by atomic mass is 9.89. The summed E-state index contributed by atoms with van der Waals surface area (Å²) < 4.78 is 0. The SMILES string of the molecule is CNC(=O)C1(C)CCN(c2ccc(C#N)c(Cl)c2)C1. The van der Waals surface area contributed by atoms with Crippen LogP contribution in [0.2, 0.25) is 5.02 Å². The number of rotatable bonds is 2. The Kier molecular flexibility index (Phi) is 3.68. The zero-order valence-electron chi connectivity index (χ0n) is 11.0. The Labute approximate surface area is 118 Å². The summed E-state index contributed by atoms with van der Waals surface area (Å²) in [6, 6.07) is 7.42. The van der Waals surface area contributed by atoms with Gasteiger partial charge in [-0.2, -0.15) is 5.26 Å². The lowest BCUT2D eigenvalue weighted by Crippen LogP contribution is -2.39. The fourth-order valence-corrected chi connectivity index (χ4v) is 2.68. The van der Waals surface area contributed by atoms with Crippen LogP contribution < -0.4 is 10.2 Å². The Hall–Kier alpha value is -1.73. The number of nitrogens with zero attached hydrogens (tertiary/aromatic N) is 2. The monoisotopic (exact) mass is 277 g/mol. The summed E-state index contributed by atoms with van der Waals surface area (Å²) >= 11 is 6.04. The Balaban J connectivity index is 2.20. The number of carbonyl (C=O) groups is 1. The molecule has 0 bridgehead atoms. The molecule has 1 saturated heterocycles. The molecule has 1 N–H and O–H groups in total. The normalized spacial score (nSPS) is 22.1. The van der Waals surface area contributed by atoms with E-state index >= 15 is 0 Å². The van der Waals surface area contributed by atoms with E-state index in [1.807, 2.05) is 19.1 Å². The van der Waals surface area contributed by atoms with Crippen LogP contribution in [0.3, 0.4) is 0 Å². The van der Waals surface area contributed by atoms with E-state index in [0.29, 0.717) is 17.1 Å². The van der Waals surface area contributed by atoms with Crippen molar-refractivity contribution in [3.05, 3.63) is 28.8 Å². The third-order valence-corrected chi connectivity index (χ3v) is 4.00. The second kappa shape index (κ2) is 5.10. The highest BCUT2D eigenvalue weighted by Gasteiger charge is 2.39. The van der Waals surface area contributed by atoms with Crippen LogP contribution in [0.1, 0.15) is 18.9 Å². The van der Waals surface area contributed by atoms with E-state index in [2.05, 4.69) is 10.2 Å². The minimum absolute atomic E-state index is 0.0646. The Morgan fingerprint density at radius 2 is 2.32 bits per heavy atom. The highest BCUT2D eigenvalue weighted by molar-refractivity contribution is 6.32. The van der Waals surface area contributed by atoms with Gasteiger partial charge in [-0.3, -0.25) is 4.79 Å². The maximum Gasteiger partial charge on any atom is 0.227 e. The van der Waals surface area contributed by atoms with Gasteiger partial charge in [0.25, 0.3) is 0 Å². The molecule has 1 aromatic carbocycles. The summed E-state index contributed by atoms with van der Waals surface area (Å²) in [4.78, 5) is 14.0. The first-order valence-electron chi connectivity index (χ1n) is 6.17. The number of anilines is 1. The molecule has 0 spiro atoms. The van der Waals surface area contributed by atoms with Crippen molar-refractivity contribution in [2.24, 2.45) is 5.41 Å². The minimum Gasteiger partial charge on any atom is -0.370 e. The first-order chi connectivity index (χ1) is 9.00. The molecule has 0 radical (unpaired) electrons. The van der Waals surface area contributed by atoms with Gasteiger partial charge in [-0.05, 0) is 31.5 Å². The van der Waals surface area contributed by atoms with Gasteiger partial charge in [0.05, 0.1) is 16.0 Å². The second-order valence-electron chi connectivity index (χ2n) is 5.09. The molecule has 100 valence electrons. The molecule has 1 heterocycles. The summed E-state index contributed by atoms with van der Waals surface area (Å²) in [5.74, 6) is 0.0646. The number of carbonyl (C=O) groups excluding carboxylic acids is 1. The third kappa shape index (κ3) is 2.52. The highest BCUT2D eigenvalue weighted by atomic mass is 35.5. The van der Waals surface area contributed by atoms with E-state index in [1.54, 1.807) is 19.2 Å². The molecule has 1 aliphatic rings. The zero-order chi connectivity index (χ0) is 14.0. The second-order valence-corrected chi connectivity index (χ2v) is 5.49. The number of nitriles is 1. The molecule has 1 aromatic rings. The maximum atomic E-state index is 11.9. The molecular weight excluding hydrogens is 262 g/mol. The first-order valence-corrected chi connectivity index (χ1v) is 6.55. The quantitative estimate of drug-likeness (QED) is 0.901. The number of amides is 1. The van der Waals surface area contributed by atoms with Gasteiger partial charge < -0.3 is 10.2 Å². The average Bonchev–Trinajstić information content (AvgIpc) is 2.81. The van der Waals surface area contributed by atoms with Crippen LogP contribution in [0.25, 0.3) is 0 Å². The predicted octanol–water partition coefficient (Wildman–Crippen LogP) is 2.17. The average molecular weight is 278 g/mol. The molecule has 4 nitrogen and oxygen atoms in total.